The summed E-state index contributed by atoms with van der Waals surface area (Å²) in [5.74, 6) is 1.14. The van der Waals surface area contributed by atoms with Gasteiger partial charge in [-0.3, -0.25) is 4.79 Å². The number of benzene rings is 1. The van der Waals surface area contributed by atoms with Gasteiger partial charge >= 0.3 is 0 Å². The first kappa shape index (κ1) is 14.1. The summed E-state index contributed by atoms with van der Waals surface area (Å²) in [6, 6.07) is 6.00. The third-order valence-corrected chi connectivity index (χ3v) is 4.43. The number of halogens is 1. The Labute approximate surface area is 133 Å². The fourth-order valence-electron chi connectivity index (χ4n) is 3.50. The molecule has 0 bridgehead atoms. The first-order chi connectivity index (χ1) is 11.0. The fraction of sp³-hybridized carbons (Fsp3) is 0.353. The van der Waals surface area contributed by atoms with E-state index < -0.39 is 6.04 Å². The normalized spacial score (nSPS) is 23.3. The van der Waals surface area contributed by atoms with E-state index in [9.17, 15) is 9.18 Å². The van der Waals surface area contributed by atoms with Crippen LogP contribution < -0.4 is 5.32 Å². The number of carbonyl (C=O) groups is 1. The largest absolute Gasteiger partial charge is 0.328 e. The summed E-state index contributed by atoms with van der Waals surface area (Å²) in [7, 11) is 0. The predicted octanol–water partition coefficient (Wildman–Crippen LogP) is 2.99. The highest BCUT2D eigenvalue weighted by Gasteiger charge is 2.39. The monoisotopic (exact) mass is 312 g/mol. The second-order valence-electron chi connectivity index (χ2n) is 6.31. The summed E-state index contributed by atoms with van der Waals surface area (Å²) in [5.41, 5.74) is 1.92. The molecule has 118 valence electrons. The number of nitrogens with one attached hydrogen (secondary N) is 1. The lowest BCUT2D eigenvalue weighted by Gasteiger charge is -2.34. The average molecular weight is 312 g/mol. The molecular formula is C17H17FN4O. The van der Waals surface area contributed by atoms with E-state index >= 15 is 0 Å². The number of hydrogen-bond acceptors (Lipinski definition) is 4. The van der Waals surface area contributed by atoms with Gasteiger partial charge in [0.15, 0.2) is 5.78 Å². The lowest BCUT2D eigenvalue weighted by atomic mass is 9.81. The molecule has 2 atom stereocenters. The Hall–Kier alpha value is -2.50. The van der Waals surface area contributed by atoms with Gasteiger partial charge in [0.1, 0.15) is 17.7 Å². The number of hydrogen-bond donors (Lipinski definition) is 1. The molecule has 5 nitrogen and oxygen atoms in total. The molecule has 23 heavy (non-hydrogen) atoms. The van der Waals surface area contributed by atoms with E-state index in [2.05, 4.69) is 15.4 Å². The van der Waals surface area contributed by atoms with E-state index in [4.69, 9.17) is 0 Å². The van der Waals surface area contributed by atoms with Gasteiger partial charge in [-0.1, -0.05) is 25.1 Å². The van der Waals surface area contributed by atoms with Crippen LogP contribution in [0.5, 0.6) is 0 Å². The molecule has 2 aromatic rings. The van der Waals surface area contributed by atoms with E-state index in [-0.39, 0.29) is 17.5 Å². The number of carbonyl (C=O) groups excluding carboxylic acids is 1. The van der Waals surface area contributed by atoms with Crippen LogP contribution in [0.1, 0.15) is 37.2 Å². The zero-order chi connectivity index (χ0) is 16.1. The van der Waals surface area contributed by atoms with Crippen molar-refractivity contribution in [3.63, 3.8) is 0 Å². The maximum atomic E-state index is 14.4. The van der Waals surface area contributed by atoms with E-state index in [0.29, 0.717) is 29.3 Å². The van der Waals surface area contributed by atoms with Crippen molar-refractivity contribution < 1.29 is 9.18 Å². The lowest BCUT2D eigenvalue weighted by molar-refractivity contribution is -0.117. The van der Waals surface area contributed by atoms with Crippen molar-refractivity contribution in [3.05, 3.63) is 52.7 Å². The third kappa shape index (κ3) is 2.17. The van der Waals surface area contributed by atoms with Gasteiger partial charge < -0.3 is 5.32 Å². The lowest BCUT2D eigenvalue weighted by Crippen LogP contribution is -2.33. The summed E-state index contributed by atoms with van der Waals surface area (Å²) in [6.07, 6.45) is 1.24. The SMILES string of the molecule is Cc1nc2n(n1)C(c1ccccc1F)C1=C(CC(C)CC1=O)N2. The number of nitrogens with zero attached hydrogens (tertiary/aromatic N) is 3. The Morgan fingerprint density at radius 2 is 2.09 bits per heavy atom. The molecule has 1 aromatic heterocycles. The number of anilines is 1. The molecule has 4 rings (SSSR count). The summed E-state index contributed by atoms with van der Waals surface area (Å²) >= 11 is 0. The van der Waals surface area contributed by atoms with Gasteiger partial charge in [0, 0.05) is 23.3 Å². The van der Waals surface area contributed by atoms with Crippen molar-refractivity contribution in [1.82, 2.24) is 14.8 Å². The molecule has 6 heteroatoms. The number of allylic oxidation sites excluding steroid dienone is 2. The van der Waals surface area contributed by atoms with Crippen LogP contribution in [0.3, 0.4) is 0 Å². The molecular weight excluding hydrogens is 295 g/mol. The van der Waals surface area contributed by atoms with Crippen LogP contribution in [0.2, 0.25) is 0 Å². The highest BCUT2D eigenvalue weighted by atomic mass is 19.1. The molecule has 2 aliphatic rings. The molecule has 0 saturated carbocycles. The molecule has 0 radical (unpaired) electrons. The Kier molecular flexibility index (Phi) is 3.07. The number of ketones is 1. The molecule has 2 unspecified atom stereocenters. The van der Waals surface area contributed by atoms with Crippen molar-refractivity contribution in [2.75, 3.05) is 5.32 Å². The van der Waals surface area contributed by atoms with Gasteiger partial charge in [-0.2, -0.15) is 10.1 Å². The second kappa shape index (κ2) is 5.01. The first-order valence-electron chi connectivity index (χ1n) is 7.75. The Balaban J connectivity index is 1.95. The maximum absolute atomic E-state index is 14.4. The van der Waals surface area contributed by atoms with E-state index in [1.165, 1.54) is 6.07 Å². The van der Waals surface area contributed by atoms with Crippen molar-refractivity contribution >= 4 is 11.7 Å². The predicted molar refractivity (Wildman–Crippen MR) is 83.4 cm³/mol. The summed E-state index contributed by atoms with van der Waals surface area (Å²) in [5, 5.41) is 7.61. The molecule has 0 amide bonds. The van der Waals surface area contributed by atoms with Crippen molar-refractivity contribution in [2.24, 2.45) is 5.92 Å². The number of Topliss-reactive ketones (excluding diaryl/α,β-unsaturated/α-hetero) is 1. The fourth-order valence-corrected chi connectivity index (χ4v) is 3.50. The topological polar surface area (TPSA) is 59.8 Å². The zero-order valence-electron chi connectivity index (χ0n) is 13.0. The van der Waals surface area contributed by atoms with Gasteiger partial charge in [-0.15, -0.1) is 0 Å². The number of fused-ring (bicyclic) bond motifs is 1. The zero-order valence-corrected chi connectivity index (χ0v) is 13.0. The van der Waals surface area contributed by atoms with Crippen LogP contribution in [-0.2, 0) is 4.79 Å². The Morgan fingerprint density at radius 1 is 1.30 bits per heavy atom. The molecule has 1 N–H and O–H groups in total. The Bertz CT molecular complexity index is 839. The summed E-state index contributed by atoms with van der Waals surface area (Å²) in [4.78, 5) is 17.0. The quantitative estimate of drug-likeness (QED) is 0.879. The molecule has 1 aromatic carbocycles. The standard InChI is InChI=1S/C17H17FN4O/c1-9-7-13-15(14(23)8-9)16(11-5-3-4-6-12(11)18)22-17(20-13)19-10(2)21-22/h3-6,9,16H,7-8H2,1-2H3,(H,19,20,21). The van der Waals surface area contributed by atoms with Crippen LogP contribution in [0.4, 0.5) is 10.3 Å². The maximum Gasteiger partial charge on any atom is 0.226 e. The second-order valence-corrected chi connectivity index (χ2v) is 6.31. The molecule has 0 fully saturated rings. The number of aromatic nitrogens is 3. The highest BCUT2D eigenvalue weighted by Crippen LogP contribution is 2.41. The molecule has 2 heterocycles. The summed E-state index contributed by atoms with van der Waals surface area (Å²) < 4.78 is 16.0. The third-order valence-electron chi connectivity index (χ3n) is 4.43. The van der Waals surface area contributed by atoms with Crippen LogP contribution in [-0.4, -0.2) is 20.5 Å². The van der Waals surface area contributed by atoms with Gasteiger partial charge in [-0.25, -0.2) is 9.07 Å². The van der Waals surface area contributed by atoms with Crippen LogP contribution in [0, 0.1) is 18.7 Å². The van der Waals surface area contributed by atoms with Gasteiger partial charge in [0.2, 0.25) is 5.95 Å². The summed E-state index contributed by atoms with van der Waals surface area (Å²) in [6.45, 7) is 3.83. The van der Waals surface area contributed by atoms with E-state index in [1.54, 1.807) is 29.8 Å². The number of aryl methyl sites for hydroxylation is 1. The van der Waals surface area contributed by atoms with E-state index in [0.717, 1.165) is 12.1 Å². The highest BCUT2D eigenvalue weighted by molar-refractivity contribution is 5.99. The van der Waals surface area contributed by atoms with Crippen molar-refractivity contribution in [1.29, 1.82) is 0 Å². The average Bonchev–Trinajstić information content (AvgIpc) is 2.85. The Morgan fingerprint density at radius 3 is 2.87 bits per heavy atom. The van der Waals surface area contributed by atoms with E-state index in [1.807, 2.05) is 6.92 Å². The smallest absolute Gasteiger partial charge is 0.226 e. The van der Waals surface area contributed by atoms with Crippen molar-refractivity contribution in [2.45, 2.75) is 32.7 Å². The van der Waals surface area contributed by atoms with Gasteiger partial charge in [0.05, 0.1) is 0 Å². The van der Waals surface area contributed by atoms with Gasteiger partial charge in [0.25, 0.3) is 0 Å². The molecule has 0 spiro atoms. The molecule has 0 saturated heterocycles. The molecule has 1 aliphatic carbocycles. The minimum atomic E-state index is -0.552. The van der Waals surface area contributed by atoms with Gasteiger partial charge in [-0.05, 0) is 25.3 Å². The van der Waals surface area contributed by atoms with Crippen LogP contribution in [0.25, 0.3) is 0 Å². The minimum absolute atomic E-state index is 0.0540. The van der Waals surface area contributed by atoms with Crippen LogP contribution in [0.15, 0.2) is 35.5 Å². The number of rotatable bonds is 1. The minimum Gasteiger partial charge on any atom is -0.328 e. The van der Waals surface area contributed by atoms with Crippen LogP contribution >= 0.6 is 0 Å². The van der Waals surface area contributed by atoms with Crippen molar-refractivity contribution in [3.8, 4) is 0 Å². The molecule has 1 aliphatic heterocycles. The first-order valence-corrected chi connectivity index (χ1v) is 7.75.